The van der Waals surface area contributed by atoms with Crippen molar-refractivity contribution in [3.05, 3.63) is 0 Å². The molecule has 3 N–H and O–H groups in total. The van der Waals surface area contributed by atoms with Gasteiger partial charge in [0.1, 0.15) is 6.61 Å². The van der Waals surface area contributed by atoms with Crippen LogP contribution in [0.25, 0.3) is 0 Å². The second-order valence-corrected chi connectivity index (χ2v) is 6.42. The summed E-state index contributed by atoms with van der Waals surface area (Å²) in [4.78, 5) is 0. The van der Waals surface area contributed by atoms with Gasteiger partial charge in [0.2, 0.25) is 0 Å². The lowest BCUT2D eigenvalue weighted by Crippen LogP contribution is -2.47. The quantitative estimate of drug-likeness (QED) is 0.651. The first-order valence-corrected chi connectivity index (χ1v) is 7.78. The number of halogens is 3. The van der Waals surface area contributed by atoms with Crippen LogP contribution in [-0.4, -0.2) is 58.3 Å². The number of rotatable bonds is 7. The van der Waals surface area contributed by atoms with Gasteiger partial charge in [-0.15, -0.1) is 0 Å². The lowest BCUT2D eigenvalue weighted by molar-refractivity contribution is -0.173. The largest absolute Gasteiger partial charge is 0.411 e. The molecule has 0 aromatic rings. The first-order valence-electron chi connectivity index (χ1n) is 6.34. The molecule has 0 aliphatic carbocycles. The van der Waals surface area contributed by atoms with E-state index in [1.54, 1.807) is 0 Å². The van der Waals surface area contributed by atoms with Crippen molar-refractivity contribution in [2.45, 2.75) is 19.0 Å². The highest BCUT2D eigenvalue weighted by atomic mass is 32.2. The normalized spacial score (nSPS) is 22.1. The van der Waals surface area contributed by atoms with Gasteiger partial charge in [-0.05, 0) is 25.3 Å². The zero-order chi connectivity index (χ0) is 15.2. The molecule has 1 atom stereocenters. The highest BCUT2D eigenvalue weighted by molar-refractivity contribution is 7.87. The molecule has 0 aromatic heterocycles. The van der Waals surface area contributed by atoms with Crippen molar-refractivity contribution in [1.82, 2.24) is 9.03 Å². The van der Waals surface area contributed by atoms with Crippen molar-refractivity contribution in [3.8, 4) is 0 Å². The minimum atomic E-state index is -4.40. The fourth-order valence-corrected chi connectivity index (χ4v) is 3.26. The molecule has 20 heavy (non-hydrogen) atoms. The van der Waals surface area contributed by atoms with Gasteiger partial charge in [0.25, 0.3) is 10.2 Å². The van der Waals surface area contributed by atoms with E-state index in [-0.39, 0.29) is 19.1 Å². The number of nitrogens with one attached hydrogen (secondary N) is 1. The Labute approximate surface area is 116 Å². The minimum absolute atomic E-state index is 0.127. The maximum Gasteiger partial charge on any atom is 0.411 e. The monoisotopic (exact) mass is 319 g/mol. The van der Waals surface area contributed by atoms with Crippen molar-refractivity contribution in [2.75, 3.05) is 39.4 Å². The molecule has 10 heteroatoms. The average molecular weight is 319 g/mol. The molecule has 0 saturated carbocycles. The Hall–Kier alpha value is -0.420. The molecule has 1 unspecified atom stereocenters. The fraction of sp³-hybridized carbons (Fsp3) is 1.00. The van der Waals surface area contributed by atoms with E-state index in [9.17, 15) is 21.6 Å². The summed E-state index contributed by atoms with van der Waals surface area (Å²) in [5.74, 6) is 0.127. The van der Waals surface area contributed by atoms with Gasteiger partial charge in [-0.2, -0.15) is 30.6 Å². The summed E-state index contributed by atoms with van der Waals surface area (Å²) in [6.07, 6.45) is -2.79. The number of piperidine rings is 1. The molecule has 1 aliphatic rings. The molecule has 0 amide bonds. The van der Waals surface area contributed by atoms with Crippen LogP contribution in [0.2, 0.25) is 0 Å². The minimum Gasteiger partial charge on any atom is -0.371 e. The van der Waals surface area contributed by atoms with Crippen molar-refractivity contribution >= 4 is 10.2 Å². The van der Waals surface area contributed by atoms with Crippen LogP contribution < -0.4 is 10.5 Å². The van der Waals surface area contributed by atoms with E-state index in [2.05, 4.69) is 9.46 Å². The van der Waals surface area contributed by atoms with Gasteiger partial charge in [-0.3, -0.25) is 0 Å². The molecule has 0 spiro atoms. The molecule has 1 fully saturated rings. The van der Waals surface area contributed by atoms with Crippen LogP contribution in [0.3, 0.4) is 0 Å². The van der Waals surface area contributed by atoms with E-state index < -0.39 is 23.0 Å². The molecule has 120 valence electrons. The highest BCUT2D eigenvalue weighted by Gasteiger charge is 2.29. The average Bonchev–Trinajstić information content (AvgIpc) is 2.37. The molecule has 1 saturated heterocycles. The Morgan fingerprint density at radius 2 is 2.10 bits per heavy atom. The van der Waals surface area contributed by atoms with Crippen molar-refractivity contribution in [2.24, 2.45) is 11.7 Å². The molecule has 1 rings (SSSR count). The molecule has 1 heterocycles. The number of alkyl halides is 3. The van der Waals surface area contributed by atoms with Gasteiger partial charge in [0, 0.05) is 19.6 Å². The molecular weight excluding hydrogens is 299 g/mol. The van der Waals surface area contributed by atoms with Crippen LogP contribution in [0.4, 0.5) is 13.2 Å². The Morgan fingerprint density at radius 3 is 2.70 bits per heavy atom. The Morgan fingerprint density at radius 1 is 1.40 bits per heavy atom. The topological polar surface area (TPSA) is 84.7 Å². The van der Waals surface area contributed by atoms with E-state index in [1.807, 2.05) is 0 Å². The van der Waals surface area contributed by atoms with Crippen molar-refractivity contribution in [3.63, 3.8) is 0 Å². The van der Waals surface area contributed by atoms with Crippen molar-refractivity contribution < 1.29 is 26.3 Å². The molecule has 1 aliphatic heterocycles. The lowest BCUT2D eigenvalue weighted by atomic mass is 10.0. The van der Waals surface area contributed by atoms with Gasteiger partial charge in [-0.25, -0.2) is 0 Å². The molecule has 0 radical (unpaired) electrons. The number of nitrogens with two attached hydrogens (primary N) is 1. The third-order valence-corrected chi connectivity index (χ3v) is 4.53. The van der Waals surface area contributed by atoms with E-state index >= 15 is 0 Å². The van der Waals surface area contributed by atoms with Crippen LogP contribution in [-0.2, 0) is 14.9 Å². The Kier molecular flexibility index (Phi) is 6.65. The summed E-state index contributed by atoms with van der Waals surface area (Å²) in [5, 5.41) is 0. The fourth-order valence-electron chi connectivity index (χ4n) is 1.96. The first-order chi connectivity index (χ1) is 9.24. The van der Waals surface area contributed by atoms with Crippen LogP contribution in [0.15, 0.2) is 0 Å². The molecular formula is C10H20F3N3O3S. The van der Waals surface area contributed by atoms with E-state index in [0.29, 0.717) is 19.6 Å². The van der Waals surface area contributed by atoms with Crippen LogP contribution >= 0.6 is 0 Å². The summed E-state index contributed by atoms with van der Waals surface area (Å²) in [6.45, 7) is -0.742. The summed E-state index contributed by atoms with van der Waals surface area (Å²) >= 11 is 0. The number of hydrogen-bond donors (Lipinski definition) is 2. The summed E-state index contributed by atoms with van der Waals surface area (Å²) in [5.41, 5.74) is 5.52. The van der Waals surface area contributed by atoms with Gasteiger partial charge >= 0.3 is 6.18 Å². The number of hydrogen-bond acceptors (Lipinski definition) is 4. The SMILES string of the molecule is NCC1CCCN(S(=O)(=O)NCCOCC(F)(F)F)C1. The van der Waals surface area contributed by atoms with E-state index in [1.165, 1.54) is 4.31 Å². The highest BCUT2D eigenvalue weighted by Crippen LogP contribution is 2.17. The van der Waals surface area contributed by atoms with Crippen LogP contribution in [0.5, 0.6) is 0 Å². The Balaban J connectivity index is 2.31. The number of nitrogens with zero attached hydrogens (tertiary/aromatic N) is 1. The number of ether oxygens (including phenoxy) is 1. The zero-order valence-corrected chi connectivity index (χ0v) is 11.8. The summed E-state index contributed by atoms with van der Waals surface area (Å²) in [7, 11) is -3.68. The first kappa shape index (κ1) is 17.6. The maximum atomic E-state index is 11.9. The van der Waals surface area contributed by atoms with E-state index in [0.717, 1.165) is 12.8 Å². The molecule has 0 bridgehead atoms. The second-order valence-electron chi connectivity index (χ2n) is 4.67. The van der Waals surface area contributed by atoms with Gasteiger partial charge in [-0.1, -0.05) is 0 Å². The van der Waals surface area contributed by atoms with Crippen molar-refractivity contribution in [1.29, 1.82) is 0 Å². The van der Waals surface area contributed by atoms with Gasteiger partial charge < -0.3 is 10.5 Å². The summed E-state index contributed by atoms with van der Waals surface area (Å²) in [6, 6.07) is 0. The predicted octanol–water partition coefficient (Wildman–Crippen LogP) is 0.0704. The molecule has 0 aromatic carbocycles. The molecule has 6 nitrogen and oxygen atoms in total. The van der Waals surface area contributed by atoms with E-state index in [4.69, 9.17) is 5.73 Å². The van der Waals surface area contributed by atoms with Gasteiger partial charge in [0.05, 0.1) is 6.61 Å². The third-order valence-electron chi connectivity index (χ3n) is 2.95. The van der Waals surface area contributed by atoms with Crippen LogP contribution in [0.1, 0.15) is 12.8 Å². The smallest absolute Gasteiger partial charge is 0.371 e. The Bertz CT molecular complexity index is 389. The predicted molar refractivity (Wildman–Crippen MR) is 67.1 cm³/mol. The second kappa shape index (κ2) is 7.55. The summed E-state index contributed by atoms with van der Waals surface area (Å²) < 4.78 is 67.1. The standard InChI is InChI=1S/C10H20F3N3O3S/c11-10(12,13)8-19-5-3-15-20(17,18)16-4-1-2-9(6-14)7-16/h9,15H,1-8,14H2. The van der Waals surface area contributed by atoms with Gasteiger partial charge in [0.15, 0.2) is 0 Å². The third kappa shape index (κ3) is 6.35. The van der Waals surface area contributed by atoms with Crippen LogP contribution in [0, 0.1) is 5.92 Å². The zero-order valence-electron chi connectivity index (χ0n) is 11.0. The maximum absolute atomic E-state index is 11.9. The lowest BCUT2D eigenvalue weighted by Gasteiger charge is -2.31.